The molecule has 1 rings (SSSR count). The molecule has 4 heteroatoms. The Hall–Kier alpha value is -2.04. The molecule has 26 heavy (non-hydrogen) atoms. The van der Waals surface area contributed by atoms with Crippen molar-refractivity contribution < 1.29 is 5.11 Å². The van der Waals surface area contributed by atoms with Crippen molar-refractivity contribution in [1.29, 1.82) is 0 Å². The lowest BCUT2D eigenvalue weighted by molar-refractivity contribution is 0.333. The highest BCUT2D eigenvalue weighted by molar-refractivity contribution is 5.68. The van der Waals surface area contributed by atoms with Crippen molar-refractivity contribution in [3.63, 3.8) is 0 Å². The van der Waals surface area contributed by atoms with E-state index in [0.29, 0.717) is 5.69 Å². The molecule has 1 atom stereocenters. The van der Waals surface area contributed by atoms with Gasteiger partial charge in [-0.25, -0.2) is 5.84 Å². The number of aliphatic hydroxyl groups is 1. The summed E-state index contributed by atoms with van der Waals surface area (Å²) in [6, 6.07) is 6.10. The van der Waals surface area contributed by atoms with Gasteiger partial charge in [-0.3, -0.25) is 0 Å². The van der Waals surface area contributed by atoms with Crippen LogP contribution in [0.15, 0.2) is 53.1 Å². The molecule has 144 valence electrons. The summed E-state index contributed by atoms with van der Waals surface area (Å²) in [5, 5.41) is 11.0. The summed E-state index contributed by atoms with van der Waals surface area (Å²) in [6.45, 7) is 12.9. The Morgan fingerprint density at radius 1 is 1.23 bits per heavy atom. The van der Waals surface area contributed by atoms with Crippen molar-refractivity contribution in [2.45, 2.75) is 47.5 Å². The first kappa shape index (κ1) is 22.0. The summed E-state index contributed by atoms with van der Waals surface area (Å²) in [6.07, 6.45) is 6.16. The third-order valence-electron chi connectivity index (χ3n) is 4.71. The fraction of sp³-hybridized carbons (Fsp3) is 0.455. The molecule has 1 unspecified atom stereocenters. The first-order chi connectivity index (χ1) is 12.0. The Morgan fingerprint density at radius 3 is 2.27 bits per heavy atom. The van der Waals surface area contributed by atoms with E-state index >= 15 is 0 Å². The first-order valence-corrected chi connectivity index (χ1v) is 9.02. The maximum atomic E-state index is 9.42. The van der Waals surface area contributed by atoms with E-state index < -0.39 is 0 Å². The van der Waals surface area contributed by atoms with Crippen molar-refractivity contribution in [2.24, 2.45) is 11.3 Å². The van der Waals surface area contributed by atoms with Crippen LogP contribution in [0.1, 0.15) is 53.0 Å². The molecule has 0 aliphatic carbocycles. The molecular formula is C22H35N3O. The largest absolute Gasteiger partial charge is 0.397 e. The Labute approximate surface area is 158 Å². The summed E-state index contributed by atoms with van der Waals surface area (Å²) in [5.41, 5.74) is 12.2. The fourth-order valence-corrected chi connectivity index (χ4v) is 3.42. The molecular weight excluding hydrogens is 322 g/mol. The van der Waals surface area contributed by atoms with Gasteiger partial charge in [0.15, 0.2) is 0 Å². The predicted octanol–water partition coefficient (Wildman–Crippen LogP) is 4.54. The van der Waals surface area contributed by atoms with Crippen LogP contribution in [0.2, 0.25) is 0 Å². The van der Waals surface area contributed by atoms with Gasteiger partial charge in [-0.05, 0) is 55.0 Å². The molecule has 4 nitrogen and oxygen atoms in total. The number of nitrogens with zero attached hydrogens (tertiary/aromatic N) is 1. The maximum Gasteiger partial charge on any atom is 0.0743 e. The van der Waals surface area contributed by atoms with E-state index in [0.717, 1.165) is 16.8 Å². The molecule has 0 aromatic heterocycles. The van der Waals surface area contributed by atoms with Crippen LogP contribution in [0.25, 0.3) is 0 Å². The van der Waals surface area contributed by atoms with Crippen LogP contribution in [0, 0.1) is 5.41 Å². The molecule has 1 aromatic rings. The molecule has 5 N–H and O–H groups in total. The van der Waals surface area contributed by atoms with Gasteiger partial charge >= 0.3 is 0 Å². The third kappa shape index (κ3) is 5.48. The summed E-state index contributed by atoms with van der Waals surface area (Å²) in [5.74, 6) is 6.05. The van der Waals surface area contributed by atoms with Gasteiger partial charge in [0.1, 0.15) is 0 Å². The quantitative estimate of drug-likeness (QED) is 0.302. The highest BCUT2D eigenvalue weighted by Crippen LogP contribution is 2.42. The van der Waals surface area contributed by atoms with Crippen molar-refractivity contribution in [1.82, 2.24) is 0 Å². The Morgan fingerprint density at radius 2 is 1.85 bits per heavy atom. The topological polar surface area (TPSA) is 75.5 Å². The normalized spacial score (nSPS) is 15.2. The van der Waals surface area contributed by atoms with Crippen molar-refractivity contribution in [2.75, 3.05) is 24.4 Å². The average Bonchev–Trinajstić information content (AvgIpc) is 2.52. The van der Waals surface area contributed by atoms with Crippen molar-refractivity contribution >= 4 is 11.4 Å². The zero-order chi connectivity index (χ0) is 20.1. The highest BCUT2D eigenvalue weighted by Gasteiger charge is 2.28. The summed E-state index contributed by atoms with van der Waals surface area (Å²) < 4.78 is 0. The Kier molecular flexibility index (Phi) is 7.67. The van der Waals surface area contributed by atoms with Gasteiger partial charge in [0.2, 0.25) is 0 Å². The molecule has 0 fully saturated rings. The summed E-state index contributed by atoms with van der Waals surface area (Å²) >= 11 is 0. The van der Waals surface area contributed by atoms with Crippen molar-refractivity contribution in [3.05, 3.63) is 58.7 Å². The molecule has 0 bridgehead atoms. The van der Waals surface area contributed by atoms with E-state index in [1.54, 1.807) is 7.05 Å². The number of nitrogen functional groups attached to an aromatic ring is 1. The zero-order valence-electron chi connectivity index (χ0n) is 17.3. The molecule has 0 aliphatic rings. The van der Waals surface area contributed by atoms with Crippen LogP contribution in [0.4, 0.5) is 11.4 Å². The standard InChI is InChI=1S/C22H35N3O/c1-8-17(14-26)15(2)9-10-16(3)21(22(4,5)6)18-11-12-20(25(7)24)19(23)13-18/h8-13,21,26H,14,23-24H2,1-7H3/b15-9-,16-10+,17-8-. The summed E-state index contributed by atoms with van der Waals surface area (Å²) in [7, 11) is 1.78. The number of hydrogen-bond donors (Lipinski definition) is 3. The van der Waals surface area contributed by atoms with E-state index in [2.05, 4.69) is 45.9 Å². The molecule has 0 amide bonds. The van der Waals surface area contributed by atoms with E-state index in [-0.39, 0.29) is 17.9 Å². The van der Waals surface area contributed by atoms with Crippen LogP contribution < -0.4 is 16.6 Å². The molecule has 0 aliphatic heterocycles. The molecule has 0 saturated carbocycles. The van der Waals surface area contributed by atoms with Gasteiger partial charge in [0.05, 0.1) is 18.0 Å². The molecule has 0 saturated heterocycles. The van der Waals surface area contributed by atoms with E-state index in [9.17, 15) is 5.11 Å². The lowest BCUT2D eigenvalue weighted by Gasteiger charge is -2.33. The minimum atomic E-state index is 0.0330. The lowest BCUT2D eigenvalue weighted by Crippen LogP contribution is -2.26. The first-order valence-electron chi connectivity index (χ1n) is 9.02. The number of nitrogens with two attached hydrogens (primary N) is 2. The SMILES string of the molecule is C\C=C(CO)/C(C)=C\C=C(/C)C(c1ccc(N(C)N)c(N)c1)C(C)(C)C. The highest BCUT2D eigenvalue weighted by atomic mass is 16.3. The Bertz CT molecular complexity index is 707. The number of hydrazine groups is 1. The van der Waals surface area contributed by atoms with Crippen LogP contribution in [-0.2, 0) is 0 Å². The van der Waals surface area contributed by atoms with Crippen molar-refractivity contribution in [3.8, 4) is 0 Å². The van der Waals surface area contributed by atoms with Gasteiger partial charge in [-0.1, -0.05) is 50.6 Å². The van der Waals surface area contributed by atoms with Crippen LogP contribution >= 0.6 is 0 Å². The fourth-order valence-electron chi connectivity index (χ4n) is 3.42. The Balaban J connectivity index is 3.33. The third-order valence-corrected chi connectivity index (χ3v) is 4.71. The number of allylic oxidation sites excluding steroid dienone is 4. The molecule has 0 radical (unpaired) electrons. The minimum absolute atomic E-state index is 0.0330. The van der Waals surface area contributed by atoms with Crippen LogP contribution in [0.5, 0.6) is 0 Å². The van der Waals surface area contributed by atoms with Gasteiger partial charge in [0, 0.05) is 13.0 Å². The molecule has 1 aromatic carbocycles. The second-order valence-electron chi connectivity index (χ2n) is 7.96. The number of aliphatic hydroxyl groups excluding tert-OH is 1. The zero-order valence-corrected chi connectivity index (χ0v) is 17.3. The van der Waals surface area contributed by atoms with E-state index in [1.807, 2.05) is 32.1 Å². The minimum Gasteiger partial charge on any atom is -0.397 e. The smallest absolute Gasteiger partial charge is 0.0743 e. The van der Waals surface area contributed by atoms with Gasteiger partial charge in [-0.15, -0.1) is 0 Å². The van der Waals surface area contributed by atoms with Crippen LogP contribution in [0.3, 0.4) is 0 Å². The molecule has 0 spiro atoms. The lowest BCUT2D eigenvalue weighted by atomic mass is 9.72. The van der Waals surface area contributed by atoms with E-state index in [1.165, 1.54) is 16.1 Å². The number of rotatable bonds is 6. The monoisotopic (exact) mass is 357 g/mol. The summed E-state index contributed by atoms with van der Waals surface area (Å²) in [4.78, 5) is 0. The average molecular weight is 358 g/mol. The number of hydrogen-bond acceptors (Lipinski definition) is 4. The van der Waals surface area contributed by atoms with Crippen LogP contribution in [-0.4, -0.2) is 18.8 Å². The predicted molar refractivity (Wildman–Crippen MR) is 114 cm³/mol. The number of benzene rings is 1. The van der Waals surface area contributed by atoms with Gasteiger partial charge in [-0.2, -0.15) is 0 Å². The molecule has 0 heterocycles. The second-order valence-corrected chi connectivity index (χ2v) is 7.96. The van der Waals surface area contributed by atoms with Gasteiger partial charge in [0.25, 0.3) is 0 Å². The van der Waals surface area contributed by atoms with E-state index in [4.69, 9.17) is 11.6 Å². The maximum absolute atomic E-state index is 9.42. The second kappa shape index (κ2) is 9.06. The van der Waals surface area contributed by atoms with Gasteiger partial charge < -0.3 is 15.8 Å². The number of anilines is 2.